The number of hydrogen-bond donors (Lipinski definition) is 2. The monoisotopic (exact) mass is 355 g/mol. The van der Waals surface area contributed by atoms with E-state index < -0.39 is 0 Å². The number of piperazine rings is 1. The Morgan fingerprint density at radius 1 is 1.12 bits per heavy atom. The molecule has 0 aliphatic carbocycles. The van der Waals surface area contributed by atoms with Gasteiger partial charge in [-0.2, -0.15) is 0 Å². The van der Waals surface area contributed by atoms with Crippen LogP contribution < -0.4 is 10.6 Å². The summed E-state index contributed by atoms with van der Waals surface area (Å²) in [5.74, 6) is 0.882. The van der Waals surface area contributed by atoms with Gasteiger partial charge in [-0.15, -0.1) is 0 Å². The van der Waals surface area contributed by atoms with E-state index >= 15 is 0 Å². The lowest BCUT2D eigenvalue weighted by molar-refractivity contribution is 0.0205. The Morgan fingerprint density at radius 3 is 2.24 bits per heavy atom. The first-order valence-electron chi connectivity index (χ1n) is 9.83. The zero-order valence-electron chi connectivity index (χ0n) is 17.6. The molecule has 6 nitrogen and oxygen atoms in total. The first kappa shape index (κ1) is 22.2. The molecule has 2 unspecified atom stereocenters. The average molecular weight is 356 g/mol. The highest BCUT2D eigenvalue weighted by molar-refractivity contribution is 5.79. The van der Waals surface area contributed by atoms with Crippen LogP contribution in [0.4, 0.5) is 0 Å². The normalized spacial score (nSPS) is 20.4. The van der Waals surface area contributed by atoms with Crippen molar-refractivity contribution < 1.29 is 4.74 Å². The van der Waals surface area contributed by atoms with E-state index in [1.807, 2.05) is 0 Å². The molecule has 0 radical (unpaired) electrons. The molecule has 6 heteroatoms. The number of likely N-dealkylation sites (N-methyl/N-ethyl adjacent to an activating group) is 1. The van der Waals surface area contributed by atoms with Crippen LogP contribution in [0.1, 0.15) is 41.5 Å². The fourth-order valence-corrected chi connectivity index (χ4v) is 3.13. The highest BCUT2D eigenvalue weighted by Crippen LogP contribution is 2.20. The molecule has 25 heavy (non-hydrogen) atoms. The molecule has 148 valence electrons. The highest BCUT2D eigenvalue weighted by Gasteiger charge is 2.24. The highest BCUT2D eigenvalue weighted by atomic mass is 16.5. The third-order valence-electron chi connectivity index (χ3n) is 5.04. The molecule has 1 saturated heterocycles. The summed E-state index contributed by atoms with van der Waals surface area (Å²) < 4.78 is 5.63. The summed E-state index contributed by atoms with van der Waals surface area (Å²) in [6.07, 6.45) is 0.149. The van der Waals surface area contributed by atoms with E-state index in [1.54, 1.807) is 7.11 Å². The smallest absolute Gasteiger partial charge is 0.191 e. The van der Waals surface area contributed by atoms with Crippen LogP contribution in [0.5, 0.6) is 0 Å². The summed E-state index contributed by atoms with van der Waals surface area (Å²) in [6, 6.07) is 0.468. The van der Waals surface area contributed by atoms with Crippen molar-refractivity contribution in [3.8, 4) is 0 Å². The number of guanidine groups is 1. The van der Waals surface area contributed by atoms with E-state index in [4.69, 9.17) is 9.73 Å². The maximum absolute atomic E-state index is 5.63. The summed E-state index contributed by atoms with van der Waals surface area (Å²) in [7, 11) is 1.78. The molecule has 1 aliphatic rings. The molecule has 0 amide bonds. The summed E-state index contributed by atoms with van der Waals surface area (Å²) in [5.41, 5.74) is 0.102. The lowest BCUT2D eigenvalue weighted by atomic mass is 9.89. The Hall–Kier alpha value is -0.850. The Bertz CT molecular complexity index is 386. The first-order valence-corrected chi connectivity index (χ1v) is 9.83. The fourth-order valence-electron chi connectivity index (χ4n) is 3.13. The number of hydrogen-bond acceptors (Lipinski definition) is 4. The number of nitrogens with one attached hydrogen (secondary N) is 2. The van der Waals surface area contributed by atoms with Gasteiger partial charge in [0.15, 0.2) is 5.96 Å². The van der Waals surface area contributed by atoms with Crippen LogP contribution in [0.15, 0.2) is 4.99 Å². The molecule has 0 aromatic rings. The Kier molecular flexibility index (Phi) is 9.75. The number of ether oxygens (including phenoxy) is 1. The van der Waals surface area contributed by atoms with Gasteiger partial charge in [0, 0.05) is 52.4 Å². The standard InChI is InChI=1S/C19H41N5O/c1-8-20-18(22-15-17(25-7)19(4,5)6)21-14-16(3)24-12-10-23(9-2)11-13-24/h16-17H,8-15H2,1-7H3,(H2,20,21,22). The molecule has 2 N–H and O–H groups in total. The maximum atomic E-state index is 5.63. The van der Waals surface area contributed by atoms with Crippen molar-refractivity contribution >= 4 is 5.96 Å². The van der Waals surface area contributed by atoms with Gasteiger partial charge in [-0.1, -0.05) is 27.7 Å². The summed E-state index contributed by atoms with van der Waals surface area (Å²) in [4.78, 5) is 9.86. The fraction of sp³-hybridized carbons (Fsp3) is 0.947. The minimum Gasteiger partial charge on any atom is -0.379 e. The molecular weight excluding hydrogens is 314 g/mol. The number of aliphatic imine (C=N–C) groups is 1. The molecule has 0 aromatic carbocycles. The second-order valence-electron chi connectivity index (χ2n) is 8.01. The summed E-state index contributed by atoms with van der Waals surface area (Å²) >= 11 is 0. The summed E-state index contributed by atoms with van der Waals surface area (Å²) in [5, 5.41) is 6.78. The topological polar surface area (TPSA) is 52.1 Å². The maximum Gasteiger partial charge on any atom is 0.191 e. The average Bonchev–Trinajstić information content (AvgIpc) is 2.58. The lowest BCUT2D eigenvalue weighted by Crippen LogP contribution is -2.50. The van der Waals surface area contributed by atoms with E-state index in [1.165, 1.54) is 13.1 Å². The van der Waals surface area contributed by atoms with Gasteiger partial charge in [0.25, 0.3) is 0 Å². The van der Waals surface area contributed by atoms with Crippen molar-refractivity contribution in [1.29, 1.82) is 0 Å². The van der Waals surface area contributed by atoms with Gasteiger partial charge in [0.05, 0.1) is 12.6 Å². The molecule has 1 fully saturated rings. The lowest BCUT2D eigenvalue weighted by Gasteiger charge is -2.37. The number of methoxy groups -OCH3 is 1. The molecular formula is C19H41N5O. The molecule has 0 spiro atoms. The first-order chi connectivity index (χ1) is 11.8. The van der Waals surface area contributed by atoms with Crippen molar-refractivity contribution in [2.45, 2.75) is 53.7 Å². The minimum absolute atomic E-state index is 0.102. The van der Waals surface area contributed by atoms with Crippen LogP contribution >= 0.6 is 0 Å². The Balaban J connectivity index is 2.51. The molecule has 0 bridgehead atoms. The van der Waals surface area contributed by atoms with E-state index in [0.29, 0.717) is 6.04 Å². The van der Waals surface area contributed by atoms with Crippen molar-refractivity contribution in [3.63, 3.8) is 0 Å². The summed E-state index contributed by atoms with van der Waals surface area (Å²) in [6.45, 7) is 21.4. The van der Waals surface area contributed by atoms with Crippen molar-refractivity contribution in [2.75, 3.05) is 59.5 Å². The number of nitrogens with zero attached hydrogens (tertiary/aromatic N) is 3. The minimum atomic E-state index is 0.102. The van der Waals surface area contributed by atoms with Gasteiger partial charge in [-0.3, -0.25) is 9.89 Å². The molecule has 1 heterocycles. The second kappa shape index (κ2) is 11.0. The third kappa shape index (κ3) is 7.92. The molecule has 0 aromatic heterocycles. The predicted molar refractivity (Wildman–Crippen MR) is 107 cm³/mol. The third-order valence-corrected chi connectivity index (χ3v) is 5.04. The van der Waals surface area contributed by atoms with Crippen LogP contribution in [0.2, 0.25) is 0 Å². The zero-order chi connectivity index (χ0) is 18.9. The molecule has 1 rings (SSSR count). The zero-order valence-corrected chi connectivity index (χ0v) is 17.6. The Morgan fingerprint density at radius 2 is 1.76 bits per heavy atom. The van der Waals surface area contributed by atoms with Crippen LogP contribution in [0.25, 0.3) is 0 Å². The number of rotatable bonds is 8. The Labute approximate surface area is 155 Å². The van der Waals surface area contributed by atoms with Crippen molar-refractivity contribution in [2.24, 2.45) is 10.4 Å². The SMILES string of the molecule is CCNC(=NCC(C)N1CCN(CC)CC1)NCC(OC)C(C)(C)C. The van der Waals surface area contributed by atoms with E-state index in [0.717, 1.165) is 45.2 Å². The van der Waals surface area contributed by atoms with Crippen LogP contribution in [-0.4, -0.2) is 87.4 Å². The second-order valence-corrected chi connectivity index (χ2v) is 8.01. The molecule has 2 atom stereocenters. The quantitative estimate of drug-likeness (QED) is 0.512. The molecule has 1 aliphatic heterocycles. The molecule has 0 saturated carbocycles. The van der Waals surface area contributed by atoms with Gasteiger partial charge in [-0.05, 0) is 25.8 Å². The van der Waals surface area contributed by atoms with Crippen molar-refractivity contribution in [1.82, 2.24) is 20.4 Å². The van der Waals surface area contributed by atoms with Crippen molar-refractivity contribution in [3.05, 3.63) is 0 Å². The van der Waals surface area contributed by atoms with Crippen LogP contribution in [0, 0.1) is 5.41 Å². The van der Waals surface area contributed by atoms with E-state index in [-0.39, 0.29) is 11.5 Å². The van der Waals surface area contributed by atoms with E-state index in [2.05, 4.69) is 62.0 Å². The van der Waals surface area contributed by atoms with Crippen LogP contribution in [-0.2, 0) is 4.74 Å². The van der Waals surface area contributed by atoms with Crippen LogP contribution in [0.3, 0.4) is 0 Å². The van der Waals surface area contributed by atoms with E-state index in [9.17, 15) is 0 Å². The van der Waals surface area contributed by atoms with Gasteiger partial charge < -0.3 is 20.3 Å². The van der Waals surface area contributed by atoms with Gasteiger partial charge in [0.1, 0.15) is 0 Å². The van der Waals surface area contributed by atoms with Gasteiger partial charge >= 0.3 is 0 Å². The van der Waals surface area contributed by atoms with Gasteiger partial charge in [0.2, 0.25) is 0 Å². The van der Waals surface area contributed by atoms with Gasteiger partial charge in [-0.25, -0.2) is 0 Å². The predicted octanol–water partition coefficient (Wildman–Crippen LogP) is 1.63. The largest absolute Gasteiger partial charge is 0.379 e.